The summed E-state index contributed by atoms with van der Waals surface area (Å²) < 4.78 is 6.89. The number of hydrogen-bond donors (Lipinski definition) is 0. The summed E-state index contributed by atoms with van der Waals surface area (Å²) in [6.45, 7) is 3.85. The van der Waals surface area contributed by atoms with E-state index in [1.807, 2.05) is 37.3 Å². The second-order valence-corrected chi connectivity index (χ2v) is 7.51. The lowest BCUT2D eigenvalue weighted by molar-refractivity contribution is -0.140. The van der Waals surface area contributed by atoms with Gasteiger partial charge in [0.15, 0.2) is 6.10 Å². The van der Waals surface area contributed by atoms with Crippen LogP contribution in [0.2, 0.25) is 10.2 Å². The third-order valence-electron chi connectivity index (χ3n) is 4.44. The summed E-state index contributed by atoms with van der Waals surface area (Å²) in [6, 6.07) is 16.3. The van der Waals surface area contributed by atoms with E-state index in [0.717, 1.165) is 5.56 Å². The molecule has 0 N–H and O–H groups in total. The largest absolute Gasteiger partial charge is 0.451 e. The summed E-state index contributed by atoms with van der Waals surface area (Å²) in [7, 11) is 0. The van der Waals surface area contributed by atoms with Gasteiger partial charge < -0.3 is 4.74 Å². The number of benzene rings is 2. The zero-order valence-corrected chi connectivity index (χ0v) is 18.0. The molecule has 3 rings (SSSR count). The van der Waals surface area contributed by atoms with Crippen LogP contribution in [0.5, 0.6) is 0 Å². The number of nitrogens with zero attached hydrogens (tertiary/aromatic N) is 2. The highest BCUT2D eigenvalue weighted by atomic mass is 35.5. The lowest BCUT2D eigenvalue weighted by Crippen LogP contribution is -2.23. The third kappa shape index (κ3) is 5.38. The fraction of sp³-hybridized carbons (Fsp3) is 0.174. The first-order chi connectivity index (χ1) is 14.3. The van der Waals surface area contributed by atoms with Crippen molar-refractivity contribution in [1.29, 1.82) is 0 Å². The van der Waals surface area contributed by atoms with Gasteiger partial charge >= 0.3 is 5.97 Å². The number of aromatic nitrogens is 2. The predicted molar refractivity (Wildman–Crippen MR) is 118 cm³/mol. The van der Waals surface area contributed by atoms with E-state index in [1.165, 1.54) is 19.1 Å². The molecule has 0 saturated carbocycles. The molecule has 0 aliphatic carbocycles. The lowest BCUT2D eigenvalue weighted by atomic mass is 10.1. The third-order valence-corrected chi connectivity index (χ3v) is 5.08. The number of carbonyl (C=O) groups is 2. The molecule has 1 aromatic heterocycles. The summed E-state index contributed by atoms with van der Waals surface area (Å²) in [4.78, 5) is 24.6. The Morgan fingerprint density at radius 2 is 1.87 bits per heavy atom. The number of Topliss-reactive ketones (excluding diaryl/α,β-unsaturated/α-hetero) is 1. The van der Waals surface area contributed by atoms with Gasteiger partial charge in [0.25, 0.3) is 0 Å². The zero-order chi connectivity index (χ0) is 21.7. The zero-order valence-electron chi connectivity index (χ0n) is 16.5. The monoisotopic (exact) mass is 442 g/mol. The molecule has 0 aliphatic rings. The Labute approximate surface area is 184 Å². The van der Waals surface area contributed by atoms with E-state index in [0.29, 0.717) is 33.5 Å². The number of hydrogen-bond acceptors (Lipinski definition) is 4. The molecule has 1 atom stereocenters. The van der Waals surface area contributed by atoms with Crippen LogP contribution in [0.4, 0.5) is 0 Å². The number of ether oxygens (including phenoxy) is 1. The molecule has 0 aliphatic heterocycles. The van der Waals surface area contributed by atoms with Crippen LogP contribution in [0.1, 0.15) is 34.1 Å². The molecular weight excluding hydrogens is 423 g/mol. The van der Waals surface area contributed by atoms with Gasteiger partial charge in [0.1, 0.15) is 5.15 Å². The minimum atomic E-state index is -0.946. The molecular formula is C23H20Cl2N2O3. The van der Waals surface area contributed by atoms with Crippen molar-refractivity contribution >= 4 is 41.0 Å². The molecule has 30 heavy (non-hydrogen) atoms. The van der Waals surface area contributed by atoms with Gasteiger partial charge in [-0.1, -0.05) is 65.7 Å². The Bertz CT molecular complexity index is 1090. The molecule has 7 heteroatoms. The maximum absolute atomic E-state index is 12.4. The van der Waals surface area contributed by atoms with Crippen LogP contribution in [0.15, 0.2) is 60.7 Å². The number of esters is 1. The highest BCUT2D eigenvalue weighted by Gasteiger charge is 2.19. The van der Waals surface area contributed by atoms with Crippen LogP contribution >= 0.6 is 23.2 Å². The van der Waals surface area contributed by atoms with Crippen molar-refractivity contribution in [3.63, 3.8) is 0 Å². The Morgan fingerprint density at radius 3 is 2.57 bits per heavy atom. The van der Waals surface area contributed by atoms with Gasteiger partial charge in [0.05, 0.1) is 12.2 Å². The van der Waals surface area contributed by atoms with E-state index < -0.39 is 12.1 Å². The number of aryl methyl sites for hydroxylation is 1. The van der Waals surface area contributed by atoms with E-state index in [1.54, 1.807) is 29.0 Å². The number of ketones is 1. The molecule has 0 radical (unpaired) electrons. The molecule has 154 valence electrons. The lowest BCUT2D eigenvalue weighted by Gasteiger charge is -2.11. The quantitative estimate of drug-likeness (QED) is 0.280. The van der Waals surface area contributed by atoms with Gasteiger partial charge in [-0.05, 0) is 37.6 Å². The highest BCUT2D eigenvalue weighted by molar-refractivity contribution is 6.31. The summed E-state index contributed by atoms with van der Waals surface area (Å²) in [5.74, 6) is -0.978. The maximum atomic E-state index is 12.4. The molecule has 0 spiro atoms. The van der Waals surface area contributed by atoms with Crippen molar-refractivity contribution in [2.45, 2.75) is 26.5 Å². The highest BCUT2D eigenvalue weighted by Crippen LogP contribution is 2.22. The summed E-state index contributed by atoms with van der Waals surface area (Å²) in [5.41, 5.74) is 2.75. The molecule has 3 aromatic rings. The van der Waals surface area contributed by atoms with E-state index in [2.05, 4.69) is 5.10 Å². The first kappa shape index (κ1) is 21.8. The minimum absolute atomic E-state index is 0.329. The maximum Gasteiger partial charge on any atom is 0.331 e. The Morgan fingerprint density at radius 1 is 1.13 bits per heavy atom. The Kier molecular flexibility index (Phi) is 7.08. The summed E-state index contributed by atoms with van der Waals surface area (Å²) >= 11 is 12.4. The Balaban J connectivity index is 1.66. The van der Waals surface area contributed by atoms with Gasteiger partial charge in [-0.2, -0.15) is 5.10 Å². The van der Waals surface area contributed by atoms with Gasteiger partial charge in [0, 0.05) is 22.2 Å². The average molecular weight is 443 g/mol. The standard InChI is InChI=1S/C23H20Cl2N2O3/c1-15-20(23(25)27(26-15)14-17-7-4-3-5-8-17)11-12-21(28)30-16(2)22(29)18-9-6-10-19(24)13-18/h3-13,16H,14H2,1-2H3/b12-11+. The van der Waals surface area contributed by atoms with Crippen molar-refractivity contribution in [3.8, 4) is 0 Å². The molecule has 0 saturated heterocycles. The number of rotatable bonds is 7. The minimum Gasteiger partial charge on any atom is -0.451 e. The predicted octanol–water partition coefficient (Wildman–Crippen LogP) is 5.37. The normalized spacial score (nSPS) is 12.1. The van der Waals surface area contributed by atoms with Crippen molar-refractivity contribution in [2.75, 3.05) is 0 Å². The van der Waals surface area contributed by atoms with Gasteiger partial charge in [-0.3, -0.25) is 4.79 Å². The smallest absolute Gasteiger partial charge is 0.331 e. The molecule has 0 amide bonds. The van der Waals surface area contributed by atoms with E-state index in [-0.39, 0.29) is 5.78 Å². The van der Waals surface area contributed by atoms with E-state index >= 15 is 0 Å². The second kappa shape index (κ2) is 9.74. The summed E-state index contributed by atoms with van der Waals surface area (Å²) in [5, 5.41) is 5.30. The molecule has 1 heterocycles. The van der Waals surface area contributed by atoms with Crippen molar-refractivity contribution in [1.82, 2.24) is 9.78 Å². The fourth-order valence-corrected chi connectivity index (χ4v) is 3.40. The molecule has 0 fully saturated rings. The van der Waals surface area contributed by atoms with Crippen molar-refractivity contribution < 1.29 is 14.3 Å². The Hall–Kier alpha value is -2.89. The fourth-order valence-electron chi connectivity index (χ4n) is 2.91. The molecule has 0 bridgehead atoms. The number of halogens is 2. The van der Waals surface area contributed by atoms with Crippen LogP contribution in [0.25, 0.3) is 6.08 Å². The molecule has 5 nitrogen and oxygen atoms in total. The van der Waals surface area contributed by atoms with Gasteiger partial charge in [-0.15, -0.1) is 0 Å². The van der Waals surface area contributed by atoms with Crippen LogP contribution in [-0.4, -0.2) is 27.6 Å². The van der Waals surface area contributed by atoms with Gasteiger partial charge in [-0.25, -0.2) is 9.48 Å². The van der Waals surface area contributed by atoms with Crippen LogP contribution in [0, 0.1) is 6.92 Å². The van der Waals surface area contributed by atoms with Crippen molar-refractivity contribution in [2.24, 2.45) is 0 Å². The topological polar surface area (TPSA) is 61.2 Å². The first-order valence-electron chi connectivity index (χ1n) is 9.30. The van der Waals surface area contributed by atoms with Crippen molar-refractivity contribution in [3.05, 3.63) is 93.2 Å². The number of carbonyl (C=O) groups excluding carboxylic acids is 2. The van der Waals surface area contributed by atoms with E-state index in [9.17, 15) is 9.59 Å². The van der Waals surface area contributed by atoms with Crippen LogP contribution in [0.3, 0.4) is 0 Å². The molecule has 2 aromatic carbocycles. The average Bonchev–Trinajstić information content (AvgIpc) is 2.99. The van der Waals surface area contributed by atoms with Gasteiger partial charge in [0.2, 0.25) is 5.78 Å². The van der Waals surface area contributed by atoms with Crippen LogP contribution in [-0.2, 0) is 16.1 Å². The van der Waals surface area contributed by atoms with E-state index in [4.69, 9.17) is 27.9 Å². The SMILES string of the molecule is Cc1nn(Cc2ccccc2)c(Cl)c1/C=C/C(=O)OC(C)C(=O)c1cccc(Cl)c1. The first-order valence-corrected chi connectivity index (χ1v) is 10.1. The second-order valence-electron chi connectivity index (χ2n) is 6.72. The molecule has 1 unspecified atom stereocenters. The summed E-state index contributed by atoms with van der Waals surface area (Å²) in [6.07, 6.45) is 1.84. The van der Waals surface area contributed by atoms with Crippen LogP contribution < -0.4 is 0 Å².